The van der Waals surface area contributed by atoms with Gasteiger partial charge in [0.25, 0.3) is 0 Å². The molecular weight excluding hydrogens is 250 g/mol. The Hall–Kier alpha value is -1.13. The Bertz CT molecular complexity index is 450. The number of hydrogen-bond donors (Lipinski definition) is 2. The molecule has 1 fully saturated rings. The third-order valence-electron chi connectivity index (χ3n) is 3.53. The van der Waals surface area contributed by atoms with E-state index in [0.29, 0.717) is 23.3 Å². The smallest absolute Gasteiger partial charge is 0.227 e. The van der Waals surface area contributed by atoms with Crippen molar-refractivity contribution in [3.8, 4) is 0 Å². The molecule has 1 aromatic heterocycles. The van der Waals surface area contributed by atoms with Gasteiger partial charge in [0.05, 0.1) is 5.69 Å². The molecule has 2 unspecified atom stereocenters. The quantitative estimate of drug-likeness (QED) is 0.826. The molecule has 1 aliphatic rings. The number of nitrogens with one attached hydrogen (secondary N) is 1. The van der Waals surface area contributed by atoms with E-state index in [2.05, 4.69) is 10.3 Å². The summed E-state index contributed by atoms with van der Waals surface area (Å²) in [5, 5.41) is 3.20. The molecule has 3 N–H and O–H groups in total. The molecule has 0 radical (unpaired) electrons. The minimum Gasteiger partial charge on any atom is -0.330 e. The maximum Gasteiger partial charge on any atom is 0.227 e. The van der Waals surface area contributed by atoms with Crippen LogP contribution in [-0.2, 0) is 4.79 Å². The molecule has 0 aliphatic heterocycles. The van der Waals surface area contributed by atoms with Crippen molar-refractivity contribution in [3.63, 3.8) is 0 Å². The van der Waals surface area contributed by atoms with Crippen LogP contribution in [0.25, 0.3) is 0 Å². The number of carbonyl (C=O) groups is 1. The van der Waals surface area contributed by atoms with Gasteiger partial charge in [-0.3, -0.25) is 4.79 Å². The first-order chi connectivity index (χ1) is 8.61. The number of rotatable bonds is 3. The number of pyridine rings is 1. The number of hydrogen-bond acceptors (Lipinski definition) is 3. The van der Waals surface area contributed by atoms with Gasteiger partial charge in [0.2, 0.25) is 5.91 Å². The number of nitrogens with two attached hydrogens (primary N) is 1. The molecule has 2 rings (SSSR count). The zero-order valence-corrected chi connectivity index (χ0v) is 11.2. The summed E-state index contributed by atoms with van der Waals surface area (Å²) < 4.78 is 0. The molecule has 1 aliphatic carbocycles. The highest BCUT2D eigenvalue weighted by Crippen LogP contribution is 2.32. The summed E-state index contributed by atoms with van der Waals surface area (Å²) in [4.78, 5) is 16.2. The van der Waals surface area contributed by atoms with Gasteiger partial charge < -0.3 is 11.1 Å². The average Bonchev–Trinajstić information content (AvgIpc) is 2.82. The summed E-state index contributed by atoms with van der Waals surface area (Å²) in [6.45, 7) is 2.48. The van der Waals surface area contributed by atoms with E-state index in [4.69, 9.17) is 17.3 Å². The summed E-state index contributed by atoms with van der Waals surface area (Å²) in [5.74, 6) is 0.311. The van der Waals surface area contributed by atoms with Crippen LogP contribution in [0.5, 0.6) is 0 Å². The van der Waals surface area contributed by atoms with Gasteiger partial charge in [0.15, 0.2) is 5.15 Å². The highest BCUT2D eigenvalue weighted by atomic mass is 35.5. The van der Waals surface area contributed by atoms with Crippen molar-refractivity contribution in [3.05, 3.63) is 23.0 Å². The highest BCUT2D eigenvalue weighted by molar-refractivity contribution is 6.32. The van der Waals surface area contributed by atoms with Crippen LogP contribution in [0.2, 0.25) is 5.15 Å². The molecule has 0 aromatic carbocycles. The van der Waals surface area contributed by atoms with Crippen LogP contribution in [0.3, 0.4) is 0 Å². The highest BCUT2D eigenvalue weighted by Gasteiger charge is 2.32. The fraction of sp³-hybridized carbons (Fsp3) is 0.538. The van der Waals surface area contributed by atoms with E-state index in [0.717, 1.165) is 24.8 Å². The first-order valence-electron chi connectivity index (χ1n) is 6.25. The van der Waals surface area contributed by atoms with Crippen molar-refractivity contribution in [2.75, 3.05) is 11.9 Å². The fourth-order valence-electron chi connectivity index (χ4n) is 2.53. The molecule has 1 amide bonds. The van der Waals surface area contributed by atoms with Gasteiger partial charge in [0, 0.05) is 12.1 Å². The second kappa shape index (κ2) is 5.67. The van der Waals surface area contributed by atoms with Gasteiger partial charge in [0.1, 0.15) is 0 Å². The lowest BCUT2D eigenvalue weighted by Crippen LogP contribution is -2.29. The van der Waals surface area contributed by atoms with E-state index in [1.807, 2.05) is 13.0 Å². The van der Waals surface area contributed by atoms with Gasteiger partial charge >= 0.3 is 0 Å². The third-order valence-corrected chi connectivity index (χ3v) is 3.83. The molecule has 1 aromatic rings. The molecule has 4 nitrogen and oxygen atoms in total. The maximum absolute atomic E-state index is 12.2. The molecule has 0 bridgehead atoms. The monoisotopic (exact) mass is 267 g/mol. The normalized spacial score (nSPS) is 23.1. The van der Waals surface area contributed by atoms with Crippen LogP contribution in [0, 0.1) is 18.8 Å². The summed E-state index contributed by atoms with van der Waals surface area (Å²) in [6.07, 6.45) is 4.69. The van der Waals surface area contributed by atoms with Crippen LogP contribution in [0.1, 0.15) is 24.8 Å². The molecule has 0 saturated heterocycles. The lowest BCUT2D eigenvalue weighted by molar-refractivity contribution is -0.120. The lowest BCUT2D eigenvalue weighted by atomic mass is 9.95. The summed E-state index contributed by atoms with van der Waals surface area (Å²) in [6, 6.07) is 1.83. The maximum atomic E-state index is 12.2. The Morgan fingerprint density at radius 3 is 3.11 bits per heavy atom. The van der Waals surface area contributed by atoms with Gasteiger partial charge in [-0.25, -0.2) is 4.98 Å². The Kier molecular flexibility index (Phi) is 4.19. The van der Waals surface area contributed by atoms with Gasteiger partial charge in [-0.15, -0.1) is 0 Å². The van der Waals surface area contributed by atoms with Crippen LogP contribution >= 0.6 is 11.6 Å². The van der Waals surface area contributed by atoms with E-state index < -0.39 is 0 Å². The fourth-order valence-corrected chi connectivity index (χ4v) is 2.68. The molecule has 0 spiro atoms. The van der Waals surface area contributed by atoms with Crippen molar-refractivity contribution < 1.29 is 4.79 Å². The van der Waals surface area contributed by atoms with Crippen molar-refractivity contribution in [1.82, 2.24) is 4.98 Å². The zero-order chi connectivity index (χ0) is 13.1. The number of aryl methyl sites for hydroxylation is 1. The SMILES string of the molecule is Cc1cnc(Cl)c(NC(=O)C2CCCC2CN)c1. The van der Waals surface area contributed by atoms with E-state index in [1.54, 1.807) is 6.20 Å². The van der Waals surface area contributed by atoms with E-state index in [-0.39, 0.29) is 11.8 Å². The number of halogens is 1. The molecule has 2 atom stereocenters. The second-order valence-electron chi connectivity index (χ2n) is 4.87. The van der Waals surface area contributed by atoms with Crippen molar-refractivity contribution in [2.45, 2.75) is 26.2 Å². The minimum atomic E-state index is 0.00609. The Balaban J connectivity index is 2.09. The molecule has 1 heterocycles. The van der Waals surface area contributed by atoms with Crippen LogP contribution < -0.4 is 11.1 Å². The molecule has 1 saturated carbocycles. The number of anilines is 1. The topological polar surface area (TPSA) is 68.0 Å². The minimum absolute atomic E-state index is 0.00609. The van der Waals surface area contributed by atoms with Gasteiger partial charge in [-0.1, -0.05) is 18.0 Å². The van der Waals surface area contributed by atoms with Crippen LogP contribution in [0.4, 0.5) is 5.69 Å². The predicted molar refractivity (Wildman–Crippen MR) is 72.5 cm³/mol. The molecule has 18 heavy (non-hydrogen) atoms. The van der Waals surface area contributed by atoms with Gasteiger partial charge in [-0.2, -0.15) is 0 Å². The zero-order valence-electron chi connectivity index (χ0n) is 10.4. The van der Waals surface area contributed by atoms with E-state index in [1.165, 1.54) is 0 Å². The first-order valence-corrected chi connectivity index (χ1v) is 6.62. The molecule has 98 valence electrons. The van der Waals surface area contributed by atoms with Gasteiger partial charge in [-0.05, 0) is 43.9 Å². The summed E-state index contributed by atoms with van der Waals surface area (Å²) in [7, 11) is 0. The predicted octanol–water partition coefficient (Wildman–Crippen LogP) is 2.36. The largest absolute Gasteiger partial charge is 0.330 e. The third kappa shape index (κ3) is 2.82. The Morgan fingerprint density at radius 2 is 2.39 bits per heavy atom. The number of carbonyl (C=O) groups excluding carboxylic acids is 1. The molecule has 5 heteroatoms. The van der Waals surface area contributed by atoms with Crippen molar-refractivity contribution in [2.24, 2.45) is 17.6 Å². The van der Waals surface area contributed by atoms with Crippen molar-refractivity contribution in [1.29, 1.82) is 0 Å². The van der Waals surface area contributed by atoms with E-state index in [9.17, 15) is 4.79 Å². The number of amides is 1. The first kappa shape index (κ1) is 13.3. The lowest BCUT2D eigenvalue weighted by Gasteiger charge is -2.17. The Morgan fingerprint density at radius 1 is 1.61 bits per heavy atom. The number of nitrogens with zero attached hydrogens (tertiary/aromatic N) is 1. The van der Waals surface area contributed by atoms with Crippen molar-refractivity contribution >= 4 is 23.2 Å². The standard InChI is InChI=1S/C13H18ClN3O/c1-8-5-11(12(14)16-7-8)17-13(18)10-4-2-3-9(10)6-15/h5,7,9-10H,2-4,6,15H2,1H3,(H,17,18). The van der Waals surface area contributed by atoms with E-state index >= 15 is 0 Å². The Labute approximate surface area is 112 Å². The summed E-state index contributed by atoms with van der Waals surface area (Å²) in [5.41, 5.74) is 7.25. The van der Waals surface area contributed by atoms with Crippen LogP contribution in [0.15, 0.2) is 12.3 Å². The average molecular weight is 268 g/mol. The number of aromatic nitrogens is 1. The summed E-state index contributed by atoms with van der Waals surface area (Å²) >= 11 is 5.97. The second-order valence-corrected chi connectivity index (χ2v) is 5.23. The molecular formula is C13H18ClN3O. The van der Waals surface area contributed by atoms with Crippen LogP contribution in [-0.4, -0.2) is 17.4 Å².